The van der Waals surface area contributed by atoms with E-state index in [1.807, 2.05) is 13.8 Å². The predicted octanol–water partition coefficient (Wildman–Crippen LogP) is 2.00. The Kier molecular flexibility index (Phi) is 3.38. The Balaban J connectivity index is 2.34. The van der Waals surface area contributed by atoms with E-state index >= 15 is 0 Å². The van der Waals surface area contributed by atoms with Gasteiger partial charge in [-0.15, -0.1) is 0 Å². The number of nitrogens with two attached hydrogens (primary N) is 1. The lowest BCUT2D eigenvalue weighted by atomic mass is 10.2. The molecular formula is C13H20N2O2S. The molecule has 0 saturated heterocycles. The summed E-state index contributed by atoms with van der Waals surface area (Å²) in [4.78, 5) is 0.211. The standard InChI is InChI=1S/C13H20N2O2S/c1-9-4-7-13(12(14)8-9)18(16,17)15(3)10(2)11-5-6-11/h4,7-8,10-11H,5-6,14H2,1-3H3. The molecule has 0 bridgehead atoms. The van der Waals surface area contributed by atoms with Gasteiger partial charge in [-0.2, -0.15) is 4.31 Å². The van der Waals surface area contributed by atoms with Crippen molar-refractivity contribution < 1.29 is 8.42 Å². The zero-order valence-electron chi connectivity index (χ0n) is 11.1. The first kappa shape index (κ1) is 13.4. The summed E-state index contributed by atoms with van der Waals surface area (Å²) in [5, 5.41) is 0. The zero-order valence-corrected chi connectivity index (χ0v) is 11.9. The highest BCUT2D eigenvalue weighted by atomic mass is 32.2. The van der Waals surface area contributed by atoms with Crippen LogP contribution in [0.5, 0.6) is 0 Å². The van der Waals surface area contributed by atoms with Gasteiger partial charge in [0.2, 0.25) is 10.0 Å². The largest absolute Gasteiger partial charge is 0.398 e. The van der Waals surface area contributed by atoms with Crippen LogP contribution in [0.4, 0.5) is 5.69 Å². The number of sulfonamides is 1. The maximum Gasteiger partial charge on any atom is 0.245 e. The van der Waals surface area contributed by atoms with Crippen LogP contribution in [0.25, 0.3) is 0 Å². The van der Waals surface area contributed by atoms with E-state index in [-0.39, 0.29) is 10.9 Å². The summed E-state index contributed by atoms with van der Waals surface area (Å²) >= 11 is 0. The molecule has 1 atom stereocenters. The molecule has 100 valence electrons. The second-order valence-electron chi connectivity index (χ2n) is 5.14. The van der Waals surface area contributed by atoms with Gasteiger partial charge in [-0.1, -0.05) is 6.07 Å². The molecule has 2 N–H and O–H groups in total. The molecule has 18 heavy (non-hydrogen) atoms. The van der Waals surface area contributed by atoms with Crippen LogP contribution in [0.3, 0.4) is 0 Å². The molecule has 1 aromatic rings. The summed E-state index contributed by atoms with van der Waals surface area (Å²) in [6.07, 6.45) is 2.23. The summed E-state index contributed by atoms with van der Waals surface area (Å²) in [6.45, 7) is 3.85. The number of aryl methyl sites for hydroxylation is 1. The zero-order chi connectivity index (χ0) is 13.5. The fraction of sp³-hybridized carbons (Fsp3) is 0.538. The van der Waals surface area contributed by atoms with Gasteiger partial charge in [-0.25, -0.2) is 8.42 Å². The fourth-order valence-corrected chi connectivity index (χ4v) is 3.67. The first-order valence-corrected chi connectivity index (χ1v) is 7.62. The van der Waals surface area contributed by atoms with E-state index in [1.54, 1.807) is 25.2 Å². The number of hydrogen-bond acceptors (Lipinski definition) is 3. The lowest BCUT2D eigenvalue weighted by Gasteiger charge is -2.24. The lowest BCUT2D eigenvalue weighted by Crippen LogP contribution is -2.36. The SMILES string of the molecule is Cc1ccc(S(=O)(=O)N(C)C(C)C2CC2)c(N)c1. The number of nitrogen functional groups attached to an aromatic ring is 1. The highest BCUT2D eigenvalue weighted by molar-refractivity contribution is 7.89. The Labute approximate surface area is 109 Å². The van der Waals surface area contributed by atoms with Crippen LogP contribution in [-0.2, 0) is 10.0 Å². The van der Waals surface area contributed by atoms with Gasteiger partial charge in [-0.05, 0) is 50.3 Å². The number of nitrogens with zero attached hydrogens (tertiary/aromatic N) is 1. The molecule has 0 radical (unpaired) electrons. The topological polar surface area (TPSA) is 63.4 Å². The molecule has 1 saturated carbocycles. The highest BCUT2D eigenvalue weighted by Crippen LogP contribution is 2.37. The first-order chi connectivity index (χ1) is 8.34. The molecule has 1 aliphatic carbocycles. The van der Waals surface area contributed by atoms with E-state index in [1.165, 1.54) is 4.31 Å². The van der Waals surface area contributed by atoms with Crippen molar-refractivity contribution in [3.8, 4) is 0 Å². The Morgan fingerprint density at radius 3 is 2.50 bits per heavy atom. The second-order valence-corrected chi connectivity index (χ2v) is 7.11. The van der Waals surface area contributed by atoms with Crippen LogP contribution >= 0.6 is 0 Å². The Morgan fingerprint density at radius 1 is 1.39 bits per heavy atom. The van der Waals surface area contributed by atoms with Gasteiger partial charge in [0.05, 0.1) is 5.69 Å². The molecule has 5 heteroatoms. The van der Waals surface area contributed by atoms with Gasteiger partial charge < -0.3 is 5.73 Å². The quantitative estimate of drug-likeness (QED) is 0.849. The minimum atomic E-state index is -3.48. The first-order valence-electron chi connectivity index (χ1n) is 6.18. The molecule has 0 heterocycles. The Morgan fingerprint density at radius 2 is 2.00 bits per heavy atom. The van der Waals surface area contributed by atoms with E-state index < -0.39 is 10.0 Å². The monoisotopic (exact) mass is 268 g/mol. The third kappa shape index (κ3) is 2.37. The second kappa shape index (κ2) is 4.55. The van der Waals surface area contributed by atoms with E-state index in [9.17, 15) is 8.42 Å². The molecule has 2 rings (SSSR count). The third-order valence-electron chi connectivity index (χ3n) is 3.70. The molecule has 1 unspecified atom stereocenters. The van der Waals surface area contributed by atoms with Crippen molar-refractivity contribution in [2.45, 2.75) is 37.6 Å². The fourth-order valence-electron chi connectivity index (χ4n) is 2.15. The average molecular weight is 268 g/mol. The summed E-state index contributed by atoms with van der Waals surface area (Å²) in [5.41, 5.74) is 7.12. The van der Waals surface area contributed by atoms with Crippen LogP contribution in [-0.4, -0.2) is 25.8 Å². The lowest BCUT2D eigenvalue weighted by molar-refractivity contribution is 0.357. The van der Waals surface area contributed by atoms with E-state index in [0.717, 1.165) is 18.4 Å². The van der Waals surface area contributed by atoms with Gasteiger partial charge in [0, 0.05) is 13.1 Å². The summed E-state index contributed by atoms with van der Waals surface area (Å²) in [6, 6.07) is 5.10. The van der Waals surface area contributed by atoms with Crippen molar-refractivity contribution >= 4 is 15.7 Å². The molecule has 0 spiro atoms. The van der Waals surface area contributed by atoms with Crippen molar-refractivity contribution in [3.63, 3.8) is 0 Å². The van der Waals surface area contributed by atoms with Gasteiger partial charge >= 0.3 is 0 Å². The molecule has 0 aromatic heterocycles. The summed E-state index contributed by atoms with van der Waals surface area (Å²) in [5.74, 6) is 0.497. The third-order valence-corrected chi connectivity index (χ3v) is 5.72. The molecule has 0 aliphatic heterocycles. The molecule has 4 nitrogen and oxygen atoms in total. The number of anilines is 1. The maximum atomic E-state index is 12.5. The van der Waals surface area contributed by atoms with Crippen molar-refractivity contribution in [2.75, 3.05) is 12.8 Å². The maximum absolute atomic E-state index is 12.5. The van der Waals surface area contributed by atoms with E-state index in [2.05, 4.69) is 0 Å². The molecule has 1 aliphatic rings. The molecular weight excluding hydrogens is 248 g/mol. The van der Waals surface area contributed by atoms with Gasteiger partial charge in [0.25, 0.3) is 0 Å². The Bertz CT molecular complexity index is 550. The van der Waals surface area contributed by atoms with Gasteiger partial charge in [-0.3, -0.25) is 0 Å². The normalized spacial score (nSPS) is 18.0. The highest BCUT2D eigenvalue weighted by Gasteiger charge is 2.36. The molecule has 0 amide bonds. The van der Waals surface area contributed by atoms with E-state index in [0.29, 0.717) is 11.6 Å². The van der Waals surface area contributed by atoms with Crippen LogP contribution in [0.2, 0.25) is 0 Å². The smallest absolute Gasteiger partial charge is 0.245 e. The predicted molar refractivity (Wildman–Crippen MR) is 72.7 cm³/mol. The minimum Gasteiger partial charge on any atom is -0.398 e. The summed E-state index contributed by atoms with van der Waals surface area (Å²) < 4.78 is 26.4. The van der Waals surface area contributed by atoms with Crippen molar-refractivity contribution in [2.24, 2.45) is 5.92 Å². The minimum absolute atomic E-state index is 0.0377. The van der Waals surface area contributed by atoms with Crippen LogP contribution < -0.4 is 5.73 Å². The summed E-state index contributed by atoms with van der Waals surface area (Å²) in [7, 11) is -1.85. The number of hydrogen-bond donors (Lipinski definition) is 1. The van der Waals surface area contributed by atoms with E-state index in [4.69, 9.17) is 5.73 Å². The van der Waals surface area contributed by atoms with Crippen LogP contribution in [0.15, 0.2) is 23.1 Å². The van der Waals surface area contributed by atoms with Crippen molar-refractivity contribution in [1.29, 1.82) is 0 Å². The average Bonchev–Trinajstić information content (AvgIpc) is 3.10. The van der Waals surface area contributed by atoms with Crippen molar-refractivity contribution in [3.05, 3.63) is 23.8 Å². The van der Waals surface area contributed by atoms with Crippen molar-refractivity contribution in [1.82, 2.24) is 4.31 Å². The number of rotatable bonds is 4. The number of benzene rings is 1. The molecule has 1 aromatic carbocycles. The van der Waals surface area contributed by atoms with Crippen LogP contribution in [0, 0.1) is 12.8 Å². The molecule has 1 fully saturated rings. The van der Waals surface area contributed by atoms with Crippen LogP contribution in [0.1, 0.15) is 25.3 Å². The van der Waals surface area contributed by atoms with Gasteiger partial charge in [0.15, 0.2) is 0 Å². The van der Waals surface area contributed by atoms with Gasteiger partial charge in [0.1, 0.15) is 4.90 Å². The Hall–Kier alpha value is -1.07.